The molecule has 2 heterocycles. The predicted molar refractivity (Wildman–Crippen MR) is 109 cm³/mol. The number of benzene rings is 1. The van der Waals surface area contributed by atoms with E-state index in [1.807, 2.05) is 0 Å². The van der Waals surface area contributed by atoms with E-state index in [0.29, 0.717) is 23.1 Å². The summed E-state index contributed by atoms with van der Waals surface area (Å²) in [5.41, 5.74) is 1.15. The Balaban J connectivity index is 1.31. The van der Waals surface area contributed by atoms with Crippen molar-refractivity contribution in [1.82, 2.24) is 30.4 Å². The summed E-state index contributed by atoms with van der Waals surface area (Å²) in [6, 6.07) is 9.57. The van der Waals surface area contributed by atoms with E-state index in [1.54, 1.807) is 30.5 Å². The lowest BCUT2D eigenvalue weighted by Gasteiger charge is -2.06. The van der Waals surface area contributed by atoms with Crippen LogP contribution in [0, 0.1) is 5.82 Å². The van der Waals surface area contributed by atoms with Crippen molar-refractivity contribution in [2.75, 3.05) is 5.75 Å². The van der Waals surface area contributed by atoms with E-state index in [-0.39, 0.29) is 29.4 Å². The van der Waals surface area contributed by atoms with Crippen molar-refractivity contribution in [2.24, 2.45) is 0 Å². The van der Waals surface area contributed by atoms with Gasteiger partial charge in [-0.05, 0) is 36.6 Å². The van der Waals surface area contributed by atoms with Crippen LogP contribution < -0.4 is 10.6 Å². The summed E-state index contributed by atoms with van der Waals surface area (Å²) in [6.07, 6.45) is 5.07. The smallest absolute Gasteiger partial charge is 0.272 e. The third-order valence-electron chi connectivity index (χ3n) is 4.35. The number of halogens is 1. The van der Waals surface area contributed by atoms with Crippen LogP contribution in [-0.2, 0) is 11.3 Å². The van der Waals surface area contributed by atoms with Crippen LogP contribution >= 0.6 is 11.8 Å². The summed E-state index contributed by atoms with van der Waals surface area (Å²) >= 11 is 1.26. The topological polar surface area (TPSA) is 102 Å². The van der Waals surface area contributed by atoms with Crippen molar-refractivity contribution in [1.29, 1.82) is 0 Å². The second kappa shape index (κ2) is 9.04. The molecule has 1 aliphatic rings. The number of carbonyl (C=O) groups excluding carboxylic acids is 2. The van der Waals surface area contributed by atoms with Crippen molar-refractivity contribution in [3.05, 3.63) is 66.0 Å². The Labute approximate surface area is 176 Å². The van der Waals surface area contributed by atoms with E-state index in [1.165, 1.54) is 34.9 Å². The monoisotopic (exact) mass is 426 g/mol. The molecule has 0 aliphatic heterocycles. The Kier molecular flexibility index (Phi) is 6.03. The third kappa shape index (κ3) is 5.41. The lowest BCUT2D eigenvalue weighted by Crippen LogP contribution is -2.25. The van der Waals surface area contributed by atoms with Crippen LogP contribution in [0.4, 0.5) is 4.39 Å². The van der Waals surface area contributed by atoms with Gasteiger partial charge in [0.15, 0.2) is 11.5 Å². The molecule has 1 aliphatic carbocycles. The van der Waals surface area contributed by atoms with E-state index in [9.17, 15) is 14.0 Å². The minimum Gasteiger partial charge on any atom is -0.351 e. The molecule has 2 amide bonds. The Hall–Kier alpha value is -3.27. The molecule has 154 valence electrons. The van der Waals surface area contributed by atoms with Gasteiger partial charge in [-0.1, -0.05) is 23.9 Å². The molecule has 0 bridgehead atoms. The zero-order chi connectivity index (χ0) is 20.9. The number of nitrogens with one attached hydrogen (secondary N) is 2. The molecule has 1 aromatic carbocycles. The molecule has 8 nitrogen and oxygen atoms in total. The highest BCUT2D eigenvalue weighted by molar-refractivity contribution is 7.99. The number of nitrogens with zero attached hydrogens (tertiary/aromatic N) is 4. The van der Waals surface area contributed by atoms with E-state index in [4.69, 9.17) is 0 Å². The van der Waals surface area contributed by atoms with Crippen LogP contribution in [0.2, 0.25) is 0 Å². The van der Waals surface area contributed by atoms with Gasteiger partial charge in [-0.25, -0.2) is 19.0 Å². The molecular weight excluding hydrogens is 407 g/mol. The lowest BCUT2D eigenvalue weighted by molar-refractivity contribution is -0.118. The van der Waals surface area contributed by atoms with Gasteiger partial charge in [0, 0.05) is 24.8 Å². The molecule has 30 heavy (non-hydrogen) atoms. The highest BCUT2D eigenvalue weighted by Gasteiger charge is 2.24. The molecule has 4 rings (SSSR count). The summed E-state index contributed by atoms with van der Waals surface area (Å²) in [5, 5.41) is 10.5. The van der Waals surface area contributed by atoms with Crippen LogP contribution in [0.5, 0.6) is 0 Å². The average Bonchev–Trinajstić information content (AvgIpc) is 3.43. The Morgan fingerprint density at radius 1 is 1.17 bits per heavy atom. The maximum Gasteiger partial charge on any atom is 0.272 e. The van der Waals surface area contributed by atoms with Crippen LogP contribution in [-0.4, -0.2) is 43.4 Å². The Morgan fingerprint density at radius 2 is 1.97 bits per heavy atom. The Bertz CT molecular complexity index is 1050. The highest BCUT2D eigenvalue weighted by atomic mass is 32.2. The predicted octanol–water partition coefficient (Wildman–Crippen LogP) is 2.10. The number of aromatic nitrogens is 4. The zero-order valence-corrected chi connectivity index (χ0v) is 16.7. The fourth-order valence-electron chi connectivity index (χ4n) is 2.59. The number of hydrogen-bond acceptors (Lipinski definition) is 6. The van der Waals surface area contributed by atoms with Crippen molar-refractivity contribution in [3.8, 4) is 5.82 Å². The summed E-state index contributed by atoms with van der Waals surface area (Å²) < 4.78 is 14.4. The highest BCUT2D eigenvalue weighted by Crippen LogP contribution is 2.19. The molecular formula is C20H19FN6O2S. The van der Waals surface area contributed by atoms with Crippen LogP contribution in [0.3, 0.4) is 0 Å². The summed E-state index contributed by atoms with van der Waals surface area (Å²) in [7, 11) is 0. The summed E-state index contributed by atoms with van der Waals surface area (Å²) in [5.74, 6) is 0.00397. The van der Waals surface area contributed by atoms with E-state index in [0.717, 1.165) is 18.4 Å². The second-order valence-electron chi connectivity index (χ2n) is 6.80. The van der Waals surface area contributed by atoms with Gasteiger partial charge in [-0.3, -0.25) is 9.59 Å². The standard InChI is InChI=1S/C20H19FN6O2S/c21-14-3-1-13(2-4-14)10-22-18(28)11-30-19-9-17(23-12-24-19)27-8-7-16(26-27)20(29)25-15-5-6-15/h1-4,7-9,12,15H,5-6,10-11H2,(H,22,28)(H,25,29). The first-order valence-corrected chi connectivity index (χ1v) is 10.4. The SMILES string of the molecule is O=C(CSc1cc(-n2ccc(C(=O)NC3CC3)n2)ncn1)NCc1ccc(F)cc1. The van der Waals surface area contributed by atoms with Gasteiger partial charge >= 0.3 is 0 Å². The molecule has 10 heteroatoms. The number of rotatable bonds is 8. The quantitative estimate of drug-likeness (QED) is 0.423. The number of amides is 2. The molecule has 0 radical (unpaired) electrons. The number of carbonyl (C=O) groups is 2. The van der Waals surface area contributed by atoms with Gasteiger partial charge in [-0.15, -0.1) is 0 Å². The van der Waals surface area contributed by atoms with Gasteiger partial charge in [0.2, 0.25) is 5.91 Å². The van der Waals surface area contributed by atoms with Gasteiger partial charge in [0.05, 0.1) is 5.75 Å². The van der Waals surface area contributed by atoms with Gasteiger partial charge in [-0.2, -0.15) is 5.10 Å². The minimum atomic E-state index is -0.312. The molecule has 2 N–H and O–H groups in total. The minimum absolute atomic E-state index is 0.164. The first kappa shape index (κ1) is 20.0. The summed E-state index contributed by atoms with van der Waals surface area (Å²) in [6.45, 7) is 0.327. The molecule has 0 spiro atoms. The van der Waals surface area contributed by atoms with E-state index >= 15 is 0 Å². The molecule has 2 aromatic heterocycles. The van der Waals surface area contributed by atoms with Crippen molar-refractivity contribution >= 4 is 23.6 Å². The molecule has 1 fully saturated rings. The van der Waals surface area contributed by atoms with Crippen molar-refractivity contribution in [2.45, 2.75) is 30.5 Å². The normalized spacial score (nSPS) is 13.1. The van der Waals surface area contributed by atoms with Crippen LogP contribution in [0.25, 0.3) is 5.82 Å². The van der Waals surface area contributed by atoms with Gasteiger partial charge < -0.3 is 10.6 Å². The second-order valence-corrected chi connectivity index (χ2v) is 7.80. The van der Waals surface area contributed by atoms with Crippen LogP contribution in [0.1, 0.15) is 28.9 Å². The molecule has 3 aromatic rings. The van der Waals surface area contributed by atoms with E-state index in [2.05, 4.69) is 25.7 Å². The third-order valence-corrected chi connectivity index (χ3v) is 5.28. The largest absolute Gasteiger partial charge is 0.351 e. The van der Waals surface area contributed by atoms with Crippen molar-refractivity contribution < 1.29 is 14.0 Å². The van der Waals surface area contributed by atoms with Gasteiger partial charge in [0.1, 0.15) is 17.2 Å². The molecule has 1 saturated carbocycles. The first-order chi connectivity index (χ1) is 14.6. The molecule has 0 atom stereocenters. The molecule has 0 saturated heterocycles. The number of hydrogen-bond donors (Lipinski definition) is 2. The van der Waals surface area contributed by atoms with E-state index < -0.39 is 0 Å². The Morgan fingerprint density at radius 3 is 2.73 bits per heavy atom. The zero-order valence-electron chi connectivity index (χ0n) is 15.9. The fourth-order valence-corrected chi connectivity index (χ4v) is 3.28. The van der Waals surface area contributed by atoms with Crippen LogP contribution in [0.15, 0.2) is 53.9 Å². The maximum absolute atomic E-state index is 12.9. The van der Waals surface area contributed by atoms with Gasteiger partial charge in [0.25, 0.3) is 5.91 Å². The van der Waals surface area contributed by atoms with Crippen molar-refractivity contribution in [3.63, 3.8) is 0 Å². The maximum atomic E-state index is 12.9. The first-order valence-electron chi connectivity index (χ1n) is 9.40. The lowest BCUT2D eigenvalue weighted by atomic mass is 10.2. The molecule has 0 unspecified atom stereocenters. The number of thioether (sulfide) groups is 1. The average molecular weight is 426 g/mol. The fraction of sp³-hybridized carbons (Fsp3) is 0.250. The summed E-state index contributed by atoms with van der Waals surface area (Å²) in [4.78, 5) is 32.5.